The van der Waals surface area contributed by atoms with Gasteiger partial charge in [-0.2, -0.15) is 10.1 Å². The molecule has 1 fully saturated rings. The third-order valence-electron chi connectivity index (χ3n) is 5.36. The van der Waals surface area contributed by atoms with Gasteiger partial charge >= 0.3 is 0 Å². The highest BCUT2D eigenvalue weighted by Crippen LogP contribution is 2.33. The summed E-state index contributed by atoms with van der Waals surface area (Å²) in [6.07, 6.45) is 5.36. The summed E-state index contributed by atoms with van der Waals surface area (Å²) in [6, 6.07) is 0. The summed E-state index contributed by atoms with van der Waals surface area (Å²) in [6.45, 7) is 4.29. The van der Waals surface area contributed by atoms with Crippen molar-refractivity contribution in [3.05, 3.63) is 27.2 Å². The van der Waals surface area contributed by atoms with Crippen LogP contribution in [0, 0.1) is 5.92 Å². The summed E-state index contributed by atoms with van der Waals surface area (Å²) in [7, 11) is 1.85. The molecule has 1 saturated heterocycles. The molecule has 1 aliphatic heterocycles. The fourth-order valence-corrected chi connectivity index (χ4v) is 5.05. The van der Waals surface area contributed by atoms with Crippen LogP contribution in [0.4, 0.5) is 5.95 Å². The number of aromatic nitrogens is 3. The van der Waals surface area contributed by atoms with Crippen molar-refractivity contribution in [2.45, 2.75) is 44.9 Å². The Morgan fingerprint density at radius 2 is 2.12 bits per heavy atom. The van der Waals surface area contributed by atoms with E-state index >= 15 is 0 Å². The van der Waals surface area contributed by atoms with Crippen LogP contribution in [0.5, 0.6) is 0 Å². The van der Waals surface area contributed by atoms with E-state index in [-0.39, 0.29) is 18.3 Å². The first kappa shape index (κ1) is 19.3. The molecule has 3 heterocycles. The van der Waals surface area contributed by atoms with Crippen LogP contribution in [-0.4, -0.2) is 33.8 Å². The van der Waals surface area contributed by atoms with E-state index < -0.39 is 0 Å². The molecule has 2 aromatic heterocycles. The van der Waals surface area contributed by atoms with Crippen LogP contribution in [0.3, 0.4) is 0 Å². The number of hydrogen-bond donors (Lipinski definition) is 2. The Balaban J connectivity index is 0.00000196. The monoisotopic (exact) mass is 395 g/mol. The number of nitrogens with zero attached hydrogens (tertiary/aromatic N) is 3. The molecule has 0 saturated carbocycles. The van der Waals surface area contributed by atoms with Gasteiger partial charge in [-0.15, -0.1) is 23.7 Å². The highest BCUT2D eigenvalue weighted by Gasteiger charge is 2.25. The van der Waals surface area contributed by atoms with Crippen LogP contribution in [0.2, 0.25) is 0 Å². The topological polar surface area (TPSA) is 71.8 Å². The molecule has 1 amide bonds. The first-order chi connectivity index (χ1) is 12.1. The summed E-state index contributed by atoms with van der Waals surface area (Å²) >= 11 is 1.72. The fourth-order valence-electron chi connectivity index (χ4n) is 3.80. The maximum absolute atomic E-state index is 12.8. The van der Waals surface area contributed by atoms with Crippen molar-refractivity contribution < 1.29 is 4.79 Å². The predicted molar refractivity (Wildman–Crippen MR) is 107 cm³/mol. The Labute approximate surface area is 164 Å². The van der Waals surface area contributed by atoms with Crippen molar-refractivity contribution in [1.29, 1.82) is 0 Å². The first-order valence-electron chi connectivity index (χ1n) is 9.14. The van der Waals surface area contributed by atoms with Gasteiger partial charge in [-0.25, -0.2) is 4.68 Å². The van der Waals surface area contributed by atoms with Crippen LogP contribution in [0.1, 0.15) is 58.7 Å². The molecule has 6 nitrogen and oxygen atoms in total. The summed E-state index contributed by atoms with van der Waals surface area (Å²) in [5, 5.41) is 12.9. The maximum Gasteiger partial charge on any atom is 0.259 e. The van der Waals surface area contributed by atoms with Gasteiger partial charge in [0.25, 0.3) is 5.91 Å². The largest absolute Gasteiger partial charge is 0.317 e. The summed E-state index contributed by atoms with van der Waals surface area (Å²) in [5.74, 6) is 2.43. The predicted octanol–water partition coefficient (Wildman–Crippen LogP) is 3.14. The van der Waals surface area contributed by atoms with E-state index in [2.05, 4.69) is 27.6 Å². The van der Waals surface area contributed by atoms with Crippen molar-refractivity contribution in [3.8, 4) is 0 Å². The van der Waals surface area contributed by atoms with E-state index in [4.69, 9.17) is 0 Å². The molecule has 0 spiro atoms. The minimum Gasteiger partial charge on any atom is -0.317 e. The number of amides is 1. The standard InChI is InChI=1S/C18H25N5OS.ClH/c1-11-3-4-13-14(10-25-15(13)9-11)17(24)21-18-20-16(22-23(18)2)12-5-7-19-8-6-12;/h10-12,19H,3-9H2,1-2H3,(H,20,21,22,24);1H. The Kier molecular flexibility index (Phi) is 5.99. The SMILES string of the molecule is CC1CCc2c(C(=O)Nc3nc(C4CCNCC4)nn3C)csc2C1.Cl. The summed E-state index contributed by atoms with van der Waals surface area (Å²) in [4.78, 5) is 18.7. The van der Waals surface area contributed by atoms with Crippen molar-refractivity contribution in [3.63, 3.8) is 0 Å². The number of anilines is 1. The lowest BCUT2D eigenvalue weighted by Crippen LogP contribution is -2.27. The van der Waals surface area contributed by atoms with Gasteiger partial charge in [0.1, 0.15) is 0 Å². The third-order valence-corrected chi connectivity index (χ3v) is 6.41. The van der Waals surface area contributed by atoms with E-state index in [1.165, 1.54) is 10.4 Å². The molecule has 2 N–H and O–H groups in total. The van der Waals surface area contributed by atoms with E-state index in [0.29, 0.717) is 17.8 Å². The minimum atomic E-state index is -0.0561. The zero-order chi connectivity index (χ0) is 17.4. The van der Waals surface area contributed by atoms with Gasteiger partial charge in [0.2, 0.25) is 5.95 Å². The molecule has 1 unspecified atom stereocenters. The number of thiophene rings is 1. The normalized spacial score (nSPS) is 20.3. The second-order valence-electron chi connectivity index (χ2n) is 7.29. The number of halogens is 1. The average Bonchev–Trinajstić information content (AvgIpc) is 3.19. The van der Waals surface area contributed by atoms with Crippen LogP contribution >= 0.6 is 23.7 Å². The van der Waals surface area contributed by atoms with Crippen molar-refractivity contribution in [2.24, 2.45) is 13.0 Å². The molecule has 1 atom stereocenters. The molecule has 2 aliphatic rings. The Morgan fingerprint density at radius 3 is 2.88 bits per heavy atom. The molecule has 142 valence electrons. The van der Waals surface area contributed by atoms with Gasteiger partial charge in [-0.05, 0) is 56.7 Å². The number of nitrogens with one attached hydrogen (secondary N) is 2. The molecule has 8 heteroatoms. The lowest BCUT2D eigenvalue weighted by molar-refractivity contribution is 0.102. The number of hydrogen-bond acceptors (Lipinski definition) is 5. The molecular formula is C18H26ClN5OS. The van der Waals surface area contributed by atoms with Crippen LogP contribution in [0.15, 0.2) is 5.38 Å². The molecule has 1 aliphatic carbocycles. The number of aryl methyl sites for hydroxylation is 1. The lowest BCUT2D eigenvalue weighted by Gasteiger charge is -2.19. The van der Waals surface area contributed by atoms with Gasteiger partial charge in [-0.3, -0.25) is 10.1 Å². The van der Waals surface area contributed by atoms with E-state index in [0.717, 1.165) is 56.6 Å². The minimum absolute atomic E-state index is 0. The molecule has 4 rings (SSSR count). The molecule has 0 aromatic carbocycles. The van der Waals surface area contributed by atoms with Crippen molar-refractivity contribution >= 4 is 35.6 Å². The average molecular weight is 396 g/mol. The van der Waals surface area contributed by atoms with Crippen molar-refractivity contribution in [1.82, 2.24) is 20.1 Å². The smallest absolute Gasteiger partial charge is 0.259 e. The van der Waals surface area contributed by atoms with Crippen LogP contribution in [-0.2, 0) is 19.9 Å². The number of carbonyl (C=O) groups excluding carboxylic acids is 1. The quantitative estimate of drug-likeness (QED) is 0.837. The lowest BCUT2D eigenvalue weighted by atomic mass is 9.88. The number of rotatable bonds is 3. The molecule has 26 heavy (non-hydrogen) atoms. The van der Waals surface area contributed by atoms with Gasteiger partial charge in [0, 0.05) is 23.2 Å². The van der Waals surface area contributed by atoms with Gasteiger partial charge < -0.3 is 5.32 Å². The zero-order valence-electron chi connectivity index (χ0n) is 15.2. The maximum atomic E-state index is 12.8. The number of carbonyl (C=O) groups is 1. The zero-order valence-corrected chi connectivity index (χ0v) is 16.9. The van der Waals surface area contributed by atoms with E-state index in [1.54, 1.807) is 16.0 Å². The van der Waals surface area contributed by atoms with Crippen LogP contribution in [0.25, 0.3) is 0 Å². The Hall–Kier alpha value is -1.44. The molecule has 0 radical (unpaired) electrons. The number of fused-ring (bicyclic) bond motifs is 1. The Morgan fingerprint density at radius 1 is 1.35 bits per heavy atom. The first-order valence-corrected chi connectivity index (χ1v) is 10.0. The Bertz CT molecular complexity index is 781. The van der Waals surface area contributed by atoms with E-state index in [1.807, 2.05) is 12.4 Å². The number of piperidine rings is 1. The molecule has 0 bridgehead atoms. The summed E-state index contributed by atoms with van der Waals surface area (Å²) in [5.41, 5.74) is 2.06. The van der Waals surface area contributed by atoms with Crippen LogP contribution < -0.4 is 10.6 Å². The van der Waals surface area contributed by atoms with Gasteiger partial charge in [-0.1, -0.05) is 6.92 Å². The fraction of sp³-hybridized carbons (Fsp3) is 0.611. The molecule has 2 aromatic rings. The summed E-state index contributed by atoms with van der Waals surface area (Å²) < 4.78 is 1.69. The van der Waals surface area contributed by atoms with Gasteiger partial charge in [0.15, 0.2) is 5.82 Å². The second kappa shape index (κ2) is 8.06. The van der Waals surface area contributed by atoms with E-state index in [9.17, 15) is 4.79 Å². The highest BCUT2D eigenvalue weighted by atomic mass is 35.5. The molecular weight excluding hydrogens is 370 g/mol. The van der Waals surface area contributed by atoms with Gasteiger partial charge in [0.05, 0.1) is 5.56 Å². The highest BCUT2D eigenvalue weighted by molar-refractivity contribution is 7.10. The third kappa shape index (κ3) is 3.80. The second-order valence-corrected chi connectivity index (χ2v) is 8.26. The van der Waals surface area contributed by atoms with Crippen molar-refractivity contribution in [2.75, 3.05) is 18.4 Å².